The number of rotatable bonds is 0. The van der Waals surface area contributed by atoms with Gasteiger partial charge in [0, 0.05) is 28.1 Å². The highest BCUT2D eigenvalue weighted by Gasteiger charge is 2.30. The second-order valence-electron chi connectivity index (χ2n) is 5.91. The van der Waals surface area contributed by atoms with E-state index in [-0.39, 0.29) is 11.1 Å². The van der Waals surface area contributed by atoms with E-state index in [2.05, 4.69) is 21.8 Å². The summed E-state index contributed by atoms with van der Waals surface area (Å²) >= 11 is 0. The molecule has 6 heteroatoms. The Labute approximate surface area is 151 Å². The fraction of sp³-hybridized carbons (Fsp3) is 0.0476. The third kappa shape index (κ3) is 3.15. The molecule has 0 amide bonds. The molecule has 4 rings (SSSR count). The van der Waals surface area contributed by atoms with Gasteiger partial charge in [0.25, 0.3) is 5.56 Å². The second kappa shape index (κ2) is 6.29. The number of nitrogens with zero attached hydrogens (tertiary/aromatic N) is 1. The van der Waals surface area contributed by atoms with E-state index in [1.54, 1.807) is 30.3 Å². The summed E-state index contributed by atoms with van der Waals surface area (Å²) in [5.74, 6) is 5.69. The Balaban J connectivity index is 1.91. The van der Waals surface area contributed by atoms with Gasteiger partial charge in [0.15, 0.2) is 0 Å². The summed E-state index contributed by atoms with van der Waals surface area (Å²) in [6.45, 7) is 0. The van der Waals surface area contributed by atoms with Crippen molar-refractivity contribution in [3.8, 4) is 11.8 Å². The van der Waals surface area contributed by atoms with Gasteiger partial charge in [-0.1, -0.05) is 36.1 Å². The largest absolute Gasteiger partial charge is 0.416 e. The average Bonchev–Trinajstić information content (AvgIpc) is 2.66. The predicted molar refractivity (Wildman–Crippen MR) is 97.3 cm³/mol. The van der Waals surface area contributed by atoms with Crippen LogP contribution in [0.25, 0.3) is 21.8 Å². The molecule has 0 saturated heterocycles. The van der Waals surface area contributed by atoms with Crippen molar-refractivity contribution in [1.82, 2.24) is 9.97 Å². The van der Waals surface area contributed by atoms with Crippen molar-refractivity contribution in [3.63, 3.8) is 0 Å². The number of hydrogen-bond acceptors (Lipinski definition) is 2. The Kier molecular flexibility index (Phi) is 3.93. The molecule has 0 aliphatic heterocycles. The second-order valence-corrected chi connectivity index (χ2v) is 5.91. The molecule has 0 unspecified atom stereocenters. The van der Waals surface area contributed by atoms with Crippen molar-refractivity contribution in [2.45, 2.75) is 6.18 Å². The number of alkyl halides is 3. The lowest BCUT2D eigenvalue weighted by molar-refractivity contribution is -0.137. The molecule has 0 aliphatic carbocycles. The van der Waals surface area contributed by atoms with Crippen LogP contribution in [-0.2, 0) is 6.18 Å². The normalized spacial score (nSPS) is 11.4. The highest BCUT2D eigenvalue weighted by atomic mass is 19.4. The first-order chi connectivity index (χ1) is 12.9. The van der Waals surface area contributed by atoms with Gasteiger partial charge in [0.1, 0.15) is 5.65 Å². The van der Waals surface area contributed by atoms with E-state index in [9.17, 15) is 18.0 Å². The Bertz CT molecular complexity index is 1290. The van der Waals surface area contributed by atoms with Crippen LogP contribution in [0, 0.1) is 11.8 Å². The average molecular weight is 364 g/mol. The van der Waals surface area contributed by atoms with Crippen LogP contribution in [0.4, 0.5) is 13.2 Å². The molecule has 2 aromatic carbocycles. The van der Waals surface area contributed by atoms with Crippen molar-refractivity contribution in [1.29, 1.82) is 0 Å². The number of pyridine rings is 2. The molecule has 2 heterocycles. The molecular formula is C21H11F3N2O. The quantitative estimate of drug-likeness (QED) is 0.369. The zero-order chi connectivity index (χ0) is 19.0. The number of fused-ring (bicyclic) bond motifs is 3. The Morgan fingerprint density at radius 1 is 0.926 bits per heavy atom. The highest BCUT2D eigenvalue weighted by molar-refractivity contribution is 6.06. The lowest BCUT2D eigenvalue weighted by atomic mass is 10.0. The van der Waals surface area contributed by atoms with Crippen LogP contribution in [-0.4, -0.2) is 9.97 Å². The number of aromatic amines is 1. The summed E-state index contributed by atoms with van der Waals surface area (Å²) < 4.78 is 38.6. The topological polar surface area (TPSA) is 45.8 Å². The van der Waals surface area contributed by atoms with Gasteiger partial charge in [-0.15, -0.1) is 0 Å². The lowest BCUT2D eigenvalue weighted by Gasteiger charge is -2.06. The third-order valence-corrected chi connectivity index (χ3v) is 4.16. The molecule has 27 heavy (non-hydrogen) atoms. The minimum atomic E-state index is -4.42. The van der Waals surface area contributed by atoms with E-state index in [1.165, 1.54) is 18.3 Å². The van der Waals surface area contributed by atoms with Crippen LogP contribution in [0.15, 0.2) is 65.6 Å². The van der Waals surface area contributed by atoms with Crippen LogP contribution in [0.1, 0.15) is 16.7 Å². The molecule has 0 atom stereocenters. The van der Waals surface area contributed by atoms with Crippen molar-refractivity contribution in [2.24, 2.45) is 0 Å². The van der Waals surface area contributed by atoms with Crippen molar-refractivity contribution in [3.05, 3.63) is 87.8 Å². The number of H-pyrrole nitrogens is 1. The van der Waals surface area contributed by atoms with Crippen LogP contribution < -0.4 is 5.56 Å². The minimum Gasteiger partial charge on any atom is -0.306 e. The standard InChI is InChI=1S/C21H11F3N2O/c22-21(23,24)15-5-3-4-13(12-15)8-9-14-10-11-25-19-18(14)16-6-1-2-7-17(16)20(27)26-19/h1-7,10-12H,(H,25,26,27). The molecule has 4 aromatic rings. The van der Waals surface area contributed by atoms with Gasteiger partial charge in [-0.25, -0.2) is 4.98 Å². The molecule has 0 fully saturated rings. The molecular weight excluding hydrogens is 353 g/mol. The number of nitrogens with one attached hydrogen (secondary N) is 1. The Morgan fingerprint density at radius 2 is 1.70 bits per heavy atom. The minimum absolute atomic E-state index is 0.253. The maximum Gasteiger partial charge on any atom is 0.416 e. The molecule has 2 aromatic heterocycles. The molecule has 0 radical (unpaired) electrons. The van der Waals surface area contributed by atoms with E-state index < -0.39 is 11.7 Å². The van der Waals surface area contributed by atoms with Crippen LogP contribution in [0.5, 0.6) is 0 Å². The van der Waals surface area contributed by atoms with Gasteiger partial charge >= 0.3 is 6.18 Å². The van der Waals surface area contributed by atoms with E-state index in [4.69, 9.17) is 0 Å². The summed E-state index contributed by atoms with van der Waals surface area (Å²) in [4.78, 5) is 19.1. The van der Waals surface area contributed by atoms with Gasteiger partial charge in [-0.3, -0.25) is 4.79 Å². The van der Waals surface area contributed by atoms with Gasteiger partial charge in [0.05, 0.1) is 5.56 Å². The number of aromatic nitrogens is 2. The summed E-state index contributed by atoms with van der Waals surface area (Å²) in [5, 5.41) is 1.85. The third-order valence-electron chi connectivity index (χ3n) is 4.16. The number of benzene rings is 2. The predicted octanol–water partition coefficient (Wildman–Crippen LogP) is 4.49. The summed E-state index contributed by atoms with van der Waals surface area (Å²) in [6.07, 6.45) is -2.92. The van der Waals surface area contributed by atoms with Gasteiger partial charge < -0.3 is 4.98 Å². The highest BCUT2D eigenvalue weighted by Crippen LogP contribution is 2.29. The molecule has 1 N–H and O–H groups in total. The van der Waals surface area contributed by atoms with Crippen LogP contribution >= 0.6 is 0 Å². The molecule has 0 saturated carbocycles. The fourth-order valence-electron chi connectivity index (χ4n) is 2.92. The van der Waals surface area contributed by atoms with E-state index in [1.807, 2.05) is 0 Å². The fourth-order valence-corrected chi connectivity index (χ4v) is 2.92. The first-order valence-corrected chi connectivity index (χ1v) is 8.02. The van der Waals surface area contributed by atoms with Gasteiger partial charge in [0.2, 0.25) is 0 Å². The van der Waals surface area contributed by atoms with Gasteiger partial charge in [-0.2, -0.15) is 13.2 Å². The zero-order valence-corrected chi connectivity index (χ0v) is 13.8. The monoisotopic (exact) mass is 364 g/mol. The number of halogens is 3. The van der Waals surface area contributed by atoms with Crippen LogP contribution in [0.2, 0.25) is 0 Å². The van der Waals surface area contributed by atoms with E-state index >= 15 is 0 Å². The summed E-state index contributed by atoms with van der Waals surface area (Å²) in [6, 6.07) is 13.6. The van der Waals surface area contributed by atoms with Crippen molar-refractivity contribution >= 4 is 21.8 Å². The summed E-state index contributed by atoms with van der Waals surface area (Å²) in [5.41, 5.74) is 0.208. The SMILES string of the molecule is O=c1[nH]c2nccc(C#Cc3cccc(C(F)(F)F)c3)c2c2ccccc12. The molecule has 0 bridgehead atoms. The molecule has 0 spiro atoms. The van der Waals surface area contributed by atoms with Crippen molar-refractivity contribution in [2.75, 3.05) is 0 Å². The van der Waals surface area contributed by atoms with E-state index in [0.717, 1.165) is 12.1 Å². The van der Waals surface area contributed by atoms with Crippen LogP contribution in [0.3, 0.4) is 0 Å². The molecule has 132 valence electrons. The maximum atomic E-state index is 12.9. The number of hydrogen-bond donors (Lipinski definition) is 1. The van der Waals surface area contributed by atoms with Gasteiger partial charge in [-0.05, 0) is 35.7 Å². The lowest BCUT2D eigenvalue weighted by Crippen LogP contribution is -2.07. The Hall–Kier alpha value is -3.59. The first kappa shape index (κ1) is 16.9. The Morgan fingerprint density at radius 3 is 2.48 bits per heavy atom. The smallest absolute Gasteiger partial charge is 0.306 e. The molecule has 0 aliphatic rings. The zero-order valence-electron chi connectivity index (χ0n) is 13.8. The van der Waals surface area contributed by atoms with E-state index in [0.29, 0.717) is 27.4 Å². The summed E-state index contributed by atoms with van der Waals surface area (Å²) in [7, 11) is 0. The molecule has 3 nitrogen and oxygen atoms in total. The first-order valence-electron chi connectivity index (χ1n) is 8.02. The van der Waals surface area contributed by atoms with Crippen molar-refractivity contribution < 1.29 is 13.2 Å². The maximum absolute atomic E-state index is 12.9.